The van der Waals surface area contributed by atoms with Crippen LogP contribution in [0.3, 0.4) is 0 Å². The van der Waals surface area contributed by atoms with Gasteiger partial charge in [0.1, 0.15) is 11.9 Å². The van der Waals surface area contributed by atoms with Crippen LogP contribution >= 0.6 is 0 Å². The van der Waals surface area contributed by atoms with Crippen LogP contribution in [0.25, 0.3) is 11.2 Å². The van der Waals surface area contributed by atoms with Crippen molar-refractivity contribution in [3.05, 3.63) is 57.0 Å². The van der Waals surface area contributed by atoms with E-state index in [0.717, 1.165) is 36.8 Å². The fourth-order valence-corrected chi connectivity index (χ4v) is 5.64. The van der Waals surface area contributed by atoms with E-state index in [1.165, 1.54) is 16.5 Å². The highest BCUT2D eigenvalue weighted by molar-refractivity contribution is 5.89. The van der Waals surface area contributed by atoms with Crippen LogP contribution in [0.5, 0.6) is 5.75 Å². The van der Waals surface area contributed by atoms with E-state index in [0.29, 0.717) is 41.1 Å². The molecular formula is C24H30ClN5O5. The van der Waals surface area contributed by atoms with Gasteiger partial charge in [-0.1, -0.05) is 0 Å². The maximum Gasteiger partial charge on any atom is 0.338 e. The summed E-state index contributed by atoms with van der Waals surface area (Å²) >= 11 is 0. The van der Waals surface area contributed by atoms with Crippen LogP contribution in [0.1, 0.15) is 36.0 Å². The van der Waals surface area contributed by atoms with Gasteiger partial charge >= 0.3 is 11.7 Å². The second-order valence-electron chi connectivity index (χ2n) is 9.34. The summed E-state index contributed by atoms with van der Waals surface area (Å²) in [7, 11) is 4.71. The van der Waals surface area contributed by atoms with Crippen molar-refractivity contribution < 1.29 is 31.6 Å². The van der Waals surface area contributed by atoms with Gasteiger partial charge in [-0.05, 0) is 24.3 Å². The number of piperidine rings is 1. The maximum absolute atomic E-state index is 12.7. The Labute approximate surface area is 208 Å². The first kappa shape index (κ1) is 25.0. The average molecular weight is 504 g/mol. The molecule has 0 saturated carbocycles. The molecule has 2 fully saturated rings. The van der Waals surface area contributed by atoms with Crippen molar-refractivity contribution in [2.24, 2.45) is 14.1 Å². The molecule has 10 nitrogen and oxygen atoms in total. The standard InChI is InChI=1S/C24H29N5O5.ClH/c1-26-21-20(22(30)27(2)24(26)32)28(14-25-21)10-11-29-16-6-7-17(29)13-19(12-16)34-23(31)15-4-8-18(33-3)9-5-15;/h4-5,8-9,14,16-17,19H,6-7,10-13H2,1-3H3;1H. The van der Waals surface area contributed by atoms with Crippen molar-refractivity contribution in [2.75, 3.05) is 13.7 Å². The molecule has 2 aliphatic heterocycles. The second kappa shape index (κ2) is 9.87. The maximum atomic E-state index is 12.7. The van der Waals surface area contributed by atoms with Crippen LogP contribution in [0, 0.1) is 0 Å². The summed E-state index contributed by atoms with van der Waals surface area (Å²) in [6, 6.07) is 7.83. The Bertz CT molecular complexity index is 1330. The zero-order chi connectivity index (χ0) is 24.0. The minimum atomic E-state index is -0.377. The molecule has 1 N–H and O–H groups in total. The van der Waals surface area contributed by atoms with Gasteiger partial charge in [0.05, 0.1) is 44.2 Å². The Morgan fingerprint density at radius 1 is 1.09 bits per heavy atom. The van der Waals surface area contributed by atoms with Crippen molar-refractivity contribution >= 4 is 17.1 Å². The SMILES string of the molecule is COc1ccc(C(=O)OC2CC3CCC(C2)[NH+]3CCn2cnc3c2c(=O)n(C)c(=O)n3C)cc1.[Cl-]. The van der Waals surface area contributed by atoms with Gasteiger partial charge in [0.15, 0.2) is 11.2 Å². The molecule has 1 aromatic carbocycles. The van der Waals surface area contributed by atoms with Gasteiger partial charge in [-0.15, -0.1) is 0 Å². The first-order valence-electron chi connectivity index (χ1n) is 11.7. The number of hydrogen-bond donors (Lipinski definition) is 1. The fraction of sp³-hybridized carbons (Fsp3) is 0.500. The molecule has 0 radical (unpaired) electrons. The summed E-state index contributed by atoms with van der Waals surface area (Å²) in [6.45, 7) is 1.49. The molecule has 2 aliphatic rings. The highest BCUT2D eigenvalue weighted by Crippen LogP contribution is 2.26. The molecule has 2 unspecified atom stereocenters. The number of quaternary nitrogens is 1. The number of nitrogens with one attached hydrogen (secondary N) is 1. The number of ether oxygens (including phenoxy) is 2. The number of nitrogens with zero attached hydrogens (tertiary/aromatic N) is 4. The number of fused-ring (bicyclic) bond motifs is 3. The second-order valence-corrected chi connectivity index (χ2v) is 9.34. The van der Waals surface area contributed by atoms with Crippen molar-refractivity contribution in [3.8, 4) is 5.75 Å². The average Bonchev–Trinajstić information content (AvgIpc) is 3.37. The molecule has 35 heavy (non-hydrogen) atoms. The van der Waals surface area contributed by atoms with Gasteiger partial charge in [-0.3, -0.25) is 13.9 Å². The van der Waals surface area contributed by atoms with E-state index in [-0.39, 0.29) is 35.7 Å². The number of benzene rings is 1. The van der Waals surface area contributed by atoms with E-state index in [1.807, 2.05) is 4.57 Å². The minimum Gasteiger partial charge on any atom is -1.00 e. The topological polar surface area (TPSA) is 102 Å². The molecule has 188 valence electrons. The Balaban J connectivity index is 0.00000289. The Morgan fingerprint density at radius 2 is 1.74 bits per heavy atom. The fourth-order valence-electron chi connectivity index (χ4n) is 5.64. The van der Waals surface area contributed by atoms with Gasteiger partial charge in [0.25, 0.3) is 5.56 Å². The van der Waals surface area contributed by atoms with Gasteiger partial charge in [-0.2, -0.15) is 0 Å². The van der Waals surface area contributed by atoms with E-state index in [4.69, 9.17) is 9.47 Å². The van der Waals surface area contributed by atoms with Crippen molar-refractivity contribution in [3.63, 3.8) is 0 Å². The molecule has 0 aliphatic carbocycles. The largest absolute Gasteiger partial charge is 1.00 e. The van der Waals surface area contributed by atoms with E-state index >= 15 is 0 Å². The van der Waals surface area contributed by atoms with Crippen LogP contribution in [0.2, 0.25) is 0 Å². The lowest BCUT2D eigenvalue weighted by Crippen LogP contribution is -3.18. The molecule has 11 heteroatoms. The molecule has 4 heterocycles. The van der Waals surface area contributed by atoms with E-state index in [1.54, 1.807) is 44.8 Å². The minimum absolute atomic E-state index is 0. The number of hydrogen-bond acceptors (Lipinski definition) is 6. The van der Waals surface area contributed by atoms with Gasteiger partial charge in [-0.25, -0.2) is 14.6 Å². The summed E-state index contributed by atoms with van der Waals surface area (Å²) in [4.78, 5) is 43.3. The summed E-state index contributed by atoms with van der Waals surface area (Å²) in [5, 5.41) is 0. The number of esters is 1. The summed E-state index contributed by atoms with van der Waals surface area (Å²) < 4.78 is 15.4. The molecule has 2 bridgehead atoms. The van der Waals surface area contributed by atoms with Crippen LogP contribution in [-0.2, 0) is 25.4 Å². The molecule has 2 saturated heterocycles. The molecule has 0 amide bonds. The molecule has 2 aromatic heterocycles. The third-order valence-corrected chi connectivity index (χ3v) is 7.47. The van der Waals surface area contributed by atoms with Crippen LogP contribution in [-0.4, -0.2) is 56.5 Å². The number of carbonyl (C=O) groups excluding carboxylic acids is 1. The monoisotopic (exact) mass is 503 g/mol. The Kier molecular flexibility index (Phi) is 7.05. The summed E-state index contributed by atoms with van der Waals surface area (Å²) in [6.07, 6.45) is 5.47. The third kappa shape index (κ3) is 4.48. The van der Waals surface area contributed by atoms with Gasteiger partial charge < -0.3 is 31.3 Å². The zero-order valence-electron chi connectivity index (χ0n) is 20.1. The number of carbonyl (C=O) groups is 1. The lowest BCUT2D eigenvalue weighted by atomic mass is 9.99. The first-order valence-corrected chi connectivity index (χ1v) is 11.7. The van der Waals surface area contributed by atoms with Gasteiger partial charge in [0, 0.05) is 39.8 Å². The lowest BCUT2D eigenvalue weighted by Gasteiger charge is -2.35. The summed E-state index contributed by atoms with van der Waals surface area (Å²) in [5.74, 6) is 0.416. The molecule has 5 rings (SSSR count). The normalized spacial score (nSPS) is 23.2. The van der Waals surface area contributed by atoms with E-state index in [9.17, 15) is 14.4 Å². The highest BCUT2D eigenvalue weighted by Gasteiger charge is 2.45. The zero-order valence-corrected chi connectivity index (χ0v) is 20.8. The van der Waals surface area contributed by atoms with Crippen molar-refractivity contribution in [2.45, 2.75) is 50.4 Å². The molecule has 0 spiro atoms. The number of aromatic nitrogens is 4. The quantitative estimate of drug-likeness (QED) is 0.357. The number of rotatable bonds is 6. The number of aryl methyl sites for hydroxylation is 1. The van der Waals surface area contributed by atoms with Crippen molar-refractivity contribution in [1.82, 2.24) is 18.7 Å². The molecular weight excluding hydrogens is 474 g/mol. The predicted octanol–water partition coefficient (Wildman–Crippen LogP) is -3.12. The summed E-state index contributed by atoms with van der Waals surface area (Å²) in [5.41, 5.74) is 0.705. The highest BCUT2D eigenvalue weighted by atomic mass is 35.5. The first-order chi connectivity index (χ1) is 16.4. The number of halogens is 1. The predicted molar refractivity (Wildman–Crippen MR) is 124 cm³/mol. The number of imidazole rings is 1. The third-order valence-electron chi connectivity index (χ3n) is 7.47. The smallest absolute Gasteiger partial charge is 0.338 e. The van der Waals surface area contributed by atoms with Crippen LogP contribution in [0.15, 0.2) is 40.2 Å². The lowest BCUT2D eigenvalue weighted by molar-refractivity contribution is -0.942. The Hall–Kier alpha value is -3.11. The Morgan fingerprint density at radius 3 is 2.37 bits per heavy atom. The van der Waals surface area contributed by atoms with Crippen LogP contribution < -0.4 is 33.3 Å². The van der Waals surface area contributed by atoms with E-state index < -0.39 is 0 Å². The van der Waals surface area contributed by atoms with Crippen molar-refractivity contribution in [1.29, 1.82) is 0 Å². The number of methoxy groups -OCH3 is 1. The molecule has 2 atom stereocenters. The van der Waals surface area contributed by atoms with Gasteiger partial charge in [0.2, 0.25) is 0 Å². The van der Waals surface area contributed by atoms with E-state index in [2.05, 4.69) is 4.98 Å². The van der Waals surface area contributed by atoms with Crippen LogP contribution in [0.4, 0.5) is 0 Å². The molecule has 3 aromatic rings.